The molecule has 98 valence electrons. The van der Waals surface area contributed by atoms with E-state index >= 15 is 0 Å². The summed E-state index contributed by atoms with van der Waals surface area (Å²) in [6.45, 7) is 0.548. The Hall–Kier alpha value is -1.27. The van der Waals surface area contributed by atoms with Crippen LogP contribution in [0.15, 0.2) is 17.0 Å². The lowest BCUT2D eigenvalue weighted by Gasteiger charge is -2.19. The molecule has 18 heavy (non-hydrogen) atoms. The lowest BCUT2D eigenvalue weighted by atomic mass is 10.0. The summed E-state index contributed by atoms with van der Waals surface area (Å²) in [5.74, 6) is -0.575. The number of aryl methyl sites for hydroxylation is 1. The van der Waals surface area contributed by atoms with Gasteiger partial charge < -0.3 is 9.84 Å². The highest BCUT2D eigenvalue weighted by Gasteiger charge is 2.22. The summed E-state index contributed by atoms with van der Waals surface area (Å²) in [5.41, 5.74) is 0.896. The minimum atomic E-state index is -3.96. The highest BCUT2D eigenvalue weighted by molar-refractivity contribution is 8.13. The Balaban J connectivity index is 2.58. The van der Waals surface area contributed by atoms with Gasteiger partial charge in [-0.05, 0) is 36.1 Å². The van der Waals surface area contributed by atoms with Crippen LogP contribution in [-0.4, -0.2) is 26.1 Å². The highest BCUT2D eigenvalue weighted by atomic mass is 35.7. The molecule has 0 atom stereocenters. The topological polar surface area (TPSA) is 80.7 Å². The molecule has 1 aromatic rings. The van der Waals surface area contributed by atoms with Gasteiger partial charge in [0.25, 0.3) is 9.05 Å². The van der Waals surface area contributed by atoms with Crippen molar-refractivity contribution in [1.82, 2.24) is 0 Å². The Morgan fingerprint density at radius 3 is 2.78 bits per heavy atom. The van der Waals surface area contributed by atoms with E-state index in [0.29, 0.717) is 18.8 Å². The smallest absolute Gasteiger partial charge is 0.307 e. The number of rotatable bonds is 3. The van der Waals surface area contributed by atoms with Gasteiger partial charge in [0.05, 0.1) is 17.9 Å². The number of fused-ring (bicyclic) bond motifs is 1. The summed E-state index contributed by atoms with van der Waals surface area (Å²) in [7, 11) is 1.37. The first kappa shape index (κ1) is 13.2. The van der Waals surface area contributed by atoms with Crippen molar-refractivity contribution >= 4 is 25.7 Å². The maximum Gasteiger partial charge on any atom is 0.307 e. The van der Waals surface area contributed by atoms with E-state index < -0.39 is 21.4 Å². The molecule has 0 fully saturated rings. The van der Waals surface area contributed by atoms with Crippen LogP contribution in [0.2, 0.25) is 0 Å². The van der Waals surface area contributed by atoms with Crippen molar-refractivity contribution in [2.45, 2.75) is 24.2 Å². The molecule has 1 N–H and O–H groups in total. The molecular formula is C11H11ClO5S. The van der Waals surface area contributed by atoms with Crippen LogP contribution in [0.25, 0.3) is 0 Å². The predicted molar refractivity (Wildman–Crippen MR) is 64.6 cm³/mol. The van der Waals surface area contributed by atoms with Crippen LogP contribution in [0.1, 0.15) is 17.5 Å². The normalized spacial score (nSPS) is 14.7. The van der Waals surface area contributed by atoms with Crippen LogP contribution in [0.5, 0.6) is 5.75 Å². The quantitative estimate of drug-likeness (QED) is 0.855. The molecule has 0 unspecified atom stereocenters. The summed E-state index contributed by atoms with van der Waals surface area (Å²) in [5, 5.41) is 8.78. The molecule has 1 aliphatic rings. The molecule has 1 aliphatic heterocycles. The van der Waals surface area contributed by atoms with Gasteiger partial charge in [0, 0.05) is 10.7 Å². The molecule has 0 amide bonds. The van der Waals surface area contributed by atoms with E-state index in [4.69, 9.17) is 20.5 Å². The first-order valence-corrected chi connectivity index (χ1v) is 7.64. The summed E-state index contributed by atoms with van der Waals surface area (Å²) in [6, 6.07) is 2.87. The second-order valence-corrected chi connectivity index (χ2v) is 6.56. The molecule has 1 aromatic carbocycles. The molecule has 0 bridgehead atoms. The molecule has 0 saturated carbocycles. The average Bonchev–Trinajstić information content (AvgIpc) is 2.26. The van der Waals surface area contributed by atoms with Crippen LogP contribution in [-0.2, 0) is 26.7 Å². The first-order chi connectivity index (χ1) is 8.38. The standard InChI is InChI=1S/C11H11ClO5S/c12-18(15,16)10-5-7-2-1-3-17-9(7)4-8(10)6-11(13)14/h4-5H,1-3,6H2,(H,13,14). The van der Waals surface area contributed by atoms with Gasteiger partial charge in [0.1, 0.15) is 5.75 Å². The Bertz CT molecular complexity index is 594. The van der Waals surface area contributed by atoms with Crippen molar-refractivity contribution in [1.29, 1.82) is 0 Å². The van der Waals surface area contributed by atoms with Gasteiger partial charge in [0.15, 0.2) is 0 Å². The van der Waals surface area contributed by atoms with Crippen molar-refractivity contribution in [3.63, 3.8) is 0 Å². The summed E-state index contributed by atoms with van der Waals surface area (Å²) in [6.07, 6.45) is 1.09. The van der Waals surface area contributed by atoms with Gasteiger partial charge in [-0.2, -0.15) is 0 Å². The largest absolute Gasteiger partial charge is 0.493 e. The highest BCUT2D eigenvalue weighted by Crippen LogP contribution is 2.32. The van der Waals surface area contributed by atoms with Gasteiger partial charge in [-0.25, -0.2) is 8.42 Å². The van der Waals surface area contributed by atoms with Gasteiger partial charge in [0.2, 0.25) is 0 Å². The zero-order valence-electron chi connectivity index (χ0n) is 9.35. The SMILES string of the molecule is O=C(O)Cc1cc2c(cc1S(=O)(=O)Cl)CCCO2. The van der Waals surface area contributed by atoms with E-state index in [1.165, 1.54) is 12.1 Å². The average molecular weight is 291 g/mol. The molecule has 5 nitrogen and oxygen atoms in total. The van der Waals surface area contributed by atoms with Crippen LogP contribution in [0.4, 0.5) is 0 Å². The number of ether oxygens (including phenoxy) is 1. The summed E-state index contributed by atoms with van der Waals surface area (Å²) >= 11 is 0. The Morgan fingerprint density at radius 2 is 2.17 bits per heavy atom. The molecule has 0 aromatic heterocycles. The van der Waals surface area contributed by atoms with E-state index in [9.17, 15) is 13.2 Å². The lowest BCUT2D eigenvalue weighted by molar-refractivity contribution is -0.136. The van der Waals surface area contributed by atoms with Gasteiger partial charge in [-0.1, -0.05) is 0 Å². The number of benzene rings is 1. The lowest BCUT2D eigenvalue weighted by Crippen LogP contribution is -2.12. The first-order valence-electron chi connectivity index (χ1n) is 5.33. The molecular weight excluding hydrogens is 280 g/mol. The zero-order valence-corrected chi connectivity index (χ0v) is 10.9. The van der Waals surface area contributed by atoms with Crippen molar-refractivity contribution < 1.29 is 23.1 Å². The molecule has 1 heterocycles. The molecule has 7 heteroatoms. The maximum absolute atomic E-state index is 11.5. The fraction of sp³-hybridized carbons (Fsp3) is 0.364. The third-order valence-corrected chi connectivity index (χ3v) is 4.10. The van der Waals surface area contributed by atoms with Crippen molar-refractivity contribution in [2.75, 3.05) is 6.61 Å². The minimum Gasteiger partial charge on any atom is -0.493 e. The van der Waals surface area contributed by atoms with Crippen molar-refractivity contribution in [3.05, 3.63) is 23.3 Å². The zero-order chi connectivity index (χ0) is 13.3. The predicted octanol–water partition coefficient (Wildman–Crippen LogP) is 1.57. The fourth-order valence-corrected chi connectivity index (χ4v) is 3.10. The van der Waals surface area contributed by atoms with Gasteiger partial charge >= 0.3 is 5.97 Å². The van der Waals surface area contributed by atoms with Crippen LogP contribution in [0, 0.1) is 0 Å². The van der Waals surface area contributed by atoms with E-state index in [0.717, 1.165) is 12.0 Å². The van der Waals surface area contributed by atoms with Crippen LogP contribution >= 0.6 is 10.7 Å². The Kier molecular flexibility index (Phi) is 3.49. The molecule has 2 rings (SSSR count). The molecule has 0 aliphatic carbocycles. The second-order valence-electron chi connectivity index (χ2n) is 4.03. The Labute approximate surface area is 109 Å². The van der Waals surface area contributed by atoms with Crippen LogP contribution < -0.4 is 4.74 Å². The van der Waals surface area contributed by atoms with E-state index in [-0.39, 0.29) is 10.5 Å². The number of carboxylic acid groups (broad SMARTS) is 1. The Morgan fingerprint density at radius 1 is 1.44 bits per heavy atom. The number of carboxylic acids is 1. The maximum atomic E-state index is 11.5. The fourth-order valence-electron chi connectivity index (χ4n) is 1.95. The van der Waals surface area contributed by atoms with Gasteiger partial charge in [-0.3, -0.25) is 4.79 Å². The van der Waals surface area contributed by atoms with Crippen molar-refractivity contribution in [2.24, 2.45) is 0 Å². The third-order valence-electron chi connectivity index (χ3n) is 2.70. The summed E-state index contributed by atoms with van der Waals surface area (Å²) in [4.78, 5) is 10.6. The molecule has 0 radical (unpaired) electrons. The summed E-state index contributed by atoms with van der Waals surface area (Å²) < 4.78 is 28.3. The van der Waals surface area contributed by atoms with E-state index in [1.807, 2.05) is 0 Å². The molecule has 0 saturated heterocycles. The monoisotopic (exact) mass is 290 g/mol. The minimum absolute atomic E-state index is 0.143. The van der Waals surface area contributed by atoms with Crippen LogP contribution in [0.3, 0.4) is 0 Å². The van der Waals surface area contributed by atoms with E-state index in [2.05, 4.69) is 0 Å². The van der Waals surface area contributed by atoms with E-state index in [1.54, 1.807) is 0 Å². The third kappa shape index (κ3) is 2.76. The second kappa shape index (κ2) is 4.78. The number of aliphatic carboxylic acids is 1. The molecule has 0 spiro atoms. The number of halogens is 1. The number of hydrogen-bond acceptors (Lipinski definition) is 4. The van der Waals surface area contributed by atoms with Crippen molar-refractivity contribution in [3.8, 4) is 5.75 Å². The van der Waals surface area contributed by atoms with Gasteiger partial charge in [-0.15, -0.1) is 0 Å². The number of hydrogen-bond donors (Lipinski definition) is 1. The number of carbonyl (C=O) groups is 1.